The second-order valence-electron chi connectivity index (χ2n) is 22.6. The van der Waals surface area contributed by atoms with Crippen LogP contribution in [0.5, 0.6) is 0 Å². The van der Waals surface area contributed by atoms with Crippen molar-refractivity contribution >= 4 is 26.3 Å². The molecule has 0 amide bonds. The molecular formula is C66H126O6Rh. The van der Waals surface area contributed by atoms with Crippen LogP contribution in [-0.4, -0.2) is 26.3 Å². The molecule has 0 radical (unpaired) electrons. The van der Waals surface area contributed by atoms with E-state index < -0.39 is 38.7 Å². The minimum absolute atomic E-state index is 0.201. The van der Waals surface area contributed by atoms with Crippen LogP contribution in [0.1, 0.15) is 388 Å². The predicted octanol–water partition coefficient (Wildman–Crippen LogP) is 21.6. The second kappa shape index (κ2) is 46.7. The average Bonchev–Trinajstić information content (AvgIpc) is 3.39. The first-order chi connectivity index (χ1) is 35.6. The monoisotopic (exact) mass is 1120 g/mol. The van der Waals surface area contributed by atoms with Crippen LogP contribution in [0.3, 0.4) is 0 Å². The summed E-state index contributed by atoms with van der Waals surface area (Å²) in [4.78, 5) is 99.8. The Bertz CT molecular complexity index is 1130. The Balaban J connectivity index is 8.07. The van der Waals surface area contributed by atoms with Gasteiger partial charge in [-0.2, -0.15) is 0 Å². The molecule has 0 bridgehead atoms. The fraction of sp³-hybridized carbons (Fsp3) is 0.909. The van der Waals surface area contributed by atoms with Gasteiger partial charge in [0.15, 0.2) is 0 Å². The van der Waals surface area contributed by atoms with Crippen LogP contribution in [0.25, 0.3) is 0 Å². The van der Waals surface area contributed by atoms with E-state index in [1.54, 1.807) is 0 Å². The van der Waals surface area contributed by atoms with Crippen molar-refractivity contribution in [2.45, 2.75) is 388 Å². The molecule has 73 heavy (non-hydrogen) atoms. The Morgan fingerprint density at radius 2 is 0.260 bits per heavy atom. The topological polar surface area (TPSA) is 102 Å². The van der Waals surface area contributed by atoms with E-state index in [0.29, 0.717) is 77.0 Å². The zero-order valence-electron chi connectivity index (χ0n) is 50.0. The molecule has 6 nitrogen and oxygen atoms in total. The van der Waals surface area contributed by atoms with Gasteiger partial charge >= 0.3 is 456 Å². The number of carbonyl (C=O) groups is 6. The summed E-state index contributed by atoms with van der Waals surface area (Å²) in [7, 11) is 0. The Labute approximate surface area is 453 Å². The van der Waals surface area contributed by atoms with Gasteiger partial charge in [0.1, 0.15) is 0 Å². The van der Waals surface area contributed by atoms with E-state index in [4.69, 9.17) is 0 Å². The van der Waals surface area contributed by atoms with E-state index in [1.165, 1.54) is 77.0 Å². The quantitative estimate of drug-likeness (QED) is 0.0444. The molecule has 435 valence electrons. The summed E-state index contributed by atoms with van der Waals surface area (Å²) in [6.45, 7) is 13.3. The Hall–Kier alpha value is -1.36. The molecule has 0 aliphatic rings. The maximum atomic E-state index is 16.6. The molecule has 0 aromatic heterocycles. The van der Waals surface area contributed by atoms with Gasteiger partial charge in [-0.15, -0.1) is 0 Å². The van der Waals surface area contributed by atoms with Crippen LogP contribution >= 0.6 is 0 Å². The van der Waals surface area contributed by atoms with E-state index in [-0.39, 0.29) is 38.5 Å². The van der Waals surface area contributed by atoms with Crippen LogP contribution < -0.4 is 0 Å². The number of unbranched alkanes of at least 4 members (excludes halogenated alkanes) is 42. The summed E-state index contributed by atoms with van der Waals surface area (Å²) in [6, 6.07) is 0. The van der Waals surface area contributed by atoms with Crippen molar-refractivity contribution < 1.29 is 41.2 Å². The summed E-state index contributed by atoms with van der Waals surface area (Å²) in [5.41, 5.74) is 0. The van der Waals surface area contributed by atoms with Crippen molar-refractivity contribution in [3.63, 3.8) is 0 Å². The van der Waals surface area contributed by atoms with E-state index >= 15 is 28.8 Å². The van der Waals surface area contributed by atoms with E-state index in [2.05, 4.69) is 41.5 Å². The third kappa shape index (κ3) is 23.6. The molecule has 0 unspecified atom stereocenters. The zero-order valence-corrected chi connectivity index (χ0v) is 51.6. The molecule has 0 aliphatic carbocycles. The van der Waals surface area contributed by atoms with Crippen molar-refractivity contribution in [3.05, 3.63) is 0 Å². The third-order valence-corrected chi connectivity index (χ3v) is 32.2. The van der Waals surface area contributed by atoms with Gasteiger partial charge in [0.05, 0.1) is 0 Å². The van der Waals surface area contributed by atoms with Crippen LogP contribution in [0.2, 0.25) is 0 Å². The molecule has 0 N–H and O–H groups in total. The van der Waals surface area contributed by atoms with Gasteiger partial charge in [0.2, 0.25) is 0 Å². The molecule has 0 saturated heterocycles. The third-order valence-electron chi connectivity index (χ3n) is 16.1. The van der Waals surface area contributed by atoms with Gasteiger partial charge in [0, 0.05) is 0 Å². The first kappa shape index (κ1) is 71.6. The normalized spacial score (nSPS) is 12.7. The summed E-state index contributed by atoms with van der Waals surface area (Å²) in [5.74, 6) is 0. The van der Waals surface area contributed by atoms with Gasteiger partial charge in [0.25, 0.3) is 0 Å². The molecule has 0 atom stereocenters. The Kier molecular flexibility index (Phi) is 45.8. The first-order valence-electron chi connectivity index (χ1n) is 32.6. The van der Waals surface area contributed by atoms with Crippen molar-refractivity contribution in [1.82, 2.24) is 0 Å². The van der Waals surface area contributed by atoms with Crippen LogP contribution in [0.4, 0.5) is 0 Å². The van der Waals surface area contributed by atoms with Crippen LogP contribution in [0, 0.1) is 0 Å². The standard InChI is InChI=1S/6C11H21O.Rh/c6*1-2-3-4-5-6-7-8-9-10-11-12;/h6*2-10H2,1H3;. The van der Waals surface area contributed by atoms with Crippen LogP contribution in [0.15, 0.2) is 0 Å². The molecule has 7 heteroatoms. The predicted molar refractivity (Wildman–Crippen MR) is 313 cm³/mol. The molecule has 0 aromatic rings. The van der Waals surface area contributed by atoms with Gasteiger partial charge in [-0.1, -0.05) is 0 Å². The second-order valence-corrected chi connectivity index (χ2v) is 34.2. The fourth-order valence-corrected chi connectivity index (χ4v) is 26.7. The van der Waals surface area contributed by atoms with Gasteiger partial charge in [-0.25, -0.2) is 0 Å². The fourth-order valence-electron chi connectivity index (χ4n) is 11.1. The van der Waals surface area contributed by atoms with Crippen molar-refractivity contribution in [1.29, 1.82) is 0 Å². The molecule has 0 rings (SSSR count). The summed E-state index contributed by atoms with van der Waals surface area (Å²) in [6.07, 6.45) is 44.9. The number of carbonyl (C=O) groups excluding carboxylic acids is 6. The van der Waals surface area contributed by atoms with E-state index in [9.17, 15) is 0 Å². The summed E-state index contributed by atoms with van der Waals surface area (Å²) < 4.78 is -4.62. The maximum absolute atomic E-state index is 16.6. The van der Waals surface area contributed by atoms with E-state index in [1.807, 2.05) is 0 Å². The number of hydrogen-bond acceptors (Lipinski definition) is 6. The molecule has 0 aromatic carbocycles. The van der Waals surface area contributed by atoms with Crippen LogP contribution in [-0.2, 0) is 41.2 Å². The summed E-state index contributed by atoms with van der Waals surface area (Å²) in [5, 5.41) is 0. The zero-order chi connectivity index (χ0) is 54.1. The molecule has 0 aliphatic heterocycles. The minimum atomic E-state index is -7.97. The van der Waals surface area contributed by atoms with Crippen molar-refractivity contribution in [2.24, 2.45) is 0 Å². The van der Waals surface area contributed by atoms with Gasteiger partial charge in [-0.05, 0) is 0 Å². The molecule has 0 spiro atoms. The Morgan fingerprint density at radius 1 is 0.164 bits per heavy atom. The van der Waals surface area contributed by atoms with E-state index in [0.717, 1.165) is 154 Å². The number of hydrogen-bond donors (Lipinski definition) is 0. The Morgan fingerprint density at radius 3 is 0.370 bits per heavy atom. The number of rotatable bonds is 60. The van der Waals surface area contributed by atoms with Crippen molar-refractivity contribution in [3.8, 4) is 0 Å². The first-order valence-corrected chi connectivity index (χ1v) is 37.5. The molecule has 0 fully saturated rings. The molecule has 0 saturated carbocycles. The SMILES string of the molecule is CCCCCCCCCC[C](=O)[Rh]([C](=O)CCCCCCCCCC)([C](=O)CCCCCCCCCC)([C](=O)CCCCCCCCCC)([C](=O)CCCCCCCCCC)[C](=O)CCCCCCCCCC. The molecular weight excluding hydrogens is 992 g/mol. The summed E-state index contributed by atoms with van der Waals surface area (Å²) >= 11 is -7.97. The van der Waals surface area contributed by atoms with Gasteiger partial charge < -0.3 is 0 Å². The average molecular weight is 1120 g/mol. The van der Waals surface area contributed by atoms with Gasteiger partial charge in [-0.3, -0.25) is 0 Å². The molecule has 0 heterocycles. The van der Waals surface area contributed by atoms with Crippen molar-refractivity contribution in [2.75, 3.05) is 0 Å².